The van der Waals surface area contributed by atoms with Crippen molar-refractivity contribution in [3.8, 4) is 0 Å². The Morgan fingerprint density at radius 1 is 0.926 bits per heavy atom. The molecule has 6 nitrogen and oxygen atoms in total. The molecule has 0 heterocycles. The van der Waals surface area contributed by atoms with Crippen molar-refractivity contribution >= 4 is 32.4 Å². The van der Waals surface area contributed by atoms with Crippen molar-refractivity contribution in [3.05, 3.63) is 78.4 Å². The lowest BCUT2D eigenvalue weighted by Gasteiger charge is -2.07. The summed E-state index contributed by atoms with van der Waals surface area (Å²) in [5, 5.41) is 6.25. The molecule has 0 aliphatic heterocycles. The van der Waals surface area contributed by atoms with Gasteiger partial charge in [0, 0.05) is 0 Å². The molecule has 27 heavy (non-hydrogen) atoms. The summed E-state index contributed by atoms with van der Waals surface area (Å²) in [5.74, 6) is -0.547. The van der Waals surface area contributed by atoms with Crippen molar-refractivity contribution in [2.45, 2.75) is 11.8 Å². The number of benzene rings is 3. The van der Waals surface area contributed by atoms with Crippen LogP contribution in [0.2, 0.25) is 0 Å². The number of sulfonamides is 1. The molecule has 0 saturated heterocycles. The maximum Gasteiger partial charge on any atom is 0.255 e. The maximum absolute atomic E-state index is 12.1. The van der Waals surface area contributed by atoms with E-state index in [1.54, 1.807) is 25.1 Å². The van der Waals surface area contributed by atoms with Gasteiger partial charge in [0.25, 0.3) is 5.91 Å². The average Bonchev–Trinajstić information content (AvgIpc) is 2.70. The van der Waals surface area contributed by atoms with Crippen LogP contribution in [0.4, 0.5) is 0 Å². The first kappa shape index (κ1) is 18.8. The Bertz CT molecular complexity index is 1090. The number of rotatable bonds is 6. The van der Waals surface area contributed by atoms with Gasteiger partial charge >= 0.3 is 0 Å². The first-order valence-electron chi connectivity index (χ1n) is 8.33. The topological polar surface area (TPSA) is 87.6 Å². The molecule has 0 aromatic heterocycles. The van der Waals surface area contributed by atoms with Gasteiger partial charge in [-0.05, 0) is 41.5 Å². The average molecular weight is 381 g/mol. The number of carbonyl (C=O) groups excluding carboxylic acids is 1. The van der Waals surface area contributed by atoms with Gasteiger partial charge in [0.1, 0.15) is 0 Å². The van der Waals surface area contributed by atoms with Gasteiger partial charge in [-0.2, -0.15) is 5.10 Å². The van der Waals surface area contributed by atoms with E-state index in [9.17, 15) is 13.2 Å². The Kier molecular flexibility index (Phi) is 5.63. The third-order valence-electron chi connectivity index (χ3n) is 3.99. The smallest absolute Gasteiger partial charge is 0.255 e. The molecule has 0 aliphatic rings. The van der Waals surface area contributed by atoms with Crippen LogP contribution < -0.4 is 10.1 Å². The zero-order chi connectivity index (χ0) is 19.3. The van der Waals surface area contributed by atoms with E-state index < -0.39 is 22.5 Å². The number of hydrogen-bond acceptors (Lipinski definition) is 4. The minimum atomic E-state index is -3.73. The SMILES string of the molecule is C/C(=N/NC(=O)CNS(=O)(=O)c1ccccc1)c1ccc2ccccc2c1. The number of carbonyl (C=O) groups is 1. The third-order valence-corrected chi connectivity index (χ3v) is 5.41. The second kappa shape index (κ2) is 8.11. The first-order valence-corrected chi connectivity index (χ1v) is 9.81. The monoisotopic (exact) mass is 381 g/mol. The van der Waals surface area contributed by atoms with Crippen molar-refractivity contribution in [3.63, 3.8) is 0 Å². The van der Waals surface area contributed by atoms with Gasteiger partial charge in [-0.25, -0.2) is 18.6 Å². The summed E-state index contributed by atoms with van der Waals surface area (Å²) in [6.07, 6.45) is 0. The summed E-state index contributed by atoms with van der Waals surface area (Å²) < 4.78 is 26.4. The molecule has 3 rings (SSSR count). The van der Waals surface area contributed by atoms with E-state index in [1.165, 1.54) is 12.1 Å². The lowest BCUT2D eigenvalue weighted by Crippen LogP contribution is -2.35. The van der Waals surface area contributed by atoms with Crippen LogP contribution in [0.1, 0.15) is 12.5 Å². The van der Waals surface area contributed by atoms with E-state index in [4.69, 9.17) is 0 Å². The Hall–Kier alpha value is -3.03. The number of nitrogens with zero attached hydrogens (tertiary/aromatic N) is 1. The predicted octanol–water partition coefficient (Wildman–Crippen LogP) is 2.66. The second-order valence-corrected chi connectivity index (χ2v) is 7.70. The fourth-order valence-electron chi connectivity index (χ4n) is 2.51. The zero-order valence-corrected chi connectivity index (χ0v) is 15.5. The summed E-state index contributed by atoms with van der Waals surface area (Å²) in [6, 6.07) is 21.7. The van der Waals surface area contributed by atoms with E-state index in [2.05, 4.69) is 15.2 Å². The number of hydrazone groups is 1. The molecule has 1 amide bonds. The summed E-state index contributed by atoms with van der Waals surface area (Å²) in [6.45, 7) is 1.38. The number of amides is 1. The summed E-state index contributed by atoms with van der Waals surface area (Å²) >= 11 is 0. The lowest BCUT2D eigenvalue weighted by atomic mass is 10.0. The molecule has 0 aliphatic carbocycles. The van der Waals surface area contributed by atoms with Gasteiger partial charge in [-0.15, -0.1) is 0 Å². The highest BCUT2D eigenvalue weighted by molar-refractivity contribution is 7.89. The third kappa shape index (κ3) is 4.78. The predicted molar refractivity (Wildman–Crippen MR) is 106 cm³/mol. The Morgan fingerprint density at radius 2 is 1.59 bits per heavy atom. The molecule has 0 fully saturated rings. The van der Waals surface area contributed by atoms with Gasteiger partial charge < -0.3 is 0 Å². The van der Waals surface area contributed by atoms with Crippen LogP contribution in [0.25, 0.3) is 10.8 Å². The van der Waals surface area contributed by atoms with Crippen molar-refractivity contribution in [1.29, 1.82) is 0 Å². The largest absolute Gasteiger partial charge is 0.272 e. The normalized spacial score (nSPS) is 12.1. The van der Waals surface area contributed by atoms with E-state index >= 15 is 0 Å². The Labute approximate surface area is 158 Å². The zero-order valence-electron chi connectivity index (χ0n) is 14.7. The van der Waals surface area contributed by atoms with Gasteiger partial charge in [0.2, 0.25) is 10.0 Å². The highest BCUT2D eigenvalue weighted by Gasteiger charge is 2.14. The summed E-state index contributed by atoms with van der Waals surface area (Å²) in [5.41, 5.74) is 3.87. The number of fused-ring (bicyclic) bond motifs is 1. The minimum Gasteiger partial charge on any atom is -0.272 e. The van der Waals surface area contributed by atoms with Crippen LogP contribution in [0.3, 0.4) is 0 Å². The quantitative estimate of drug-likeness (QED) is 0.508. The van der Waals surface area contributed by atoms with Crippen LogP contribution >= 0.6 is 0 Å². The standard InChI is InChI=1S/C20H19N3O3S/c1-15(17-12-11-16-7-5-6-8-18(16)13-17)22-23-20(24)14-21-27(25,26)19-9-3-2-4-10-19/h2-13,21H,14H2,1H3,(H,23,24)/b22-15-. The van der Waals surface area contributed by atoms with E-state index in [-0.39, 0.29) is 4.90 Å². The summed E-state index contributed by atoms with van der Waals surface area (Å²) in [7, 11) is -3.73. The fourth-order valence-corrected chi connectivity index (χ4v) is 3.51. The molecular formula is C20H19N3O3S. The van der Waals surface area contributed by atoms with Crippen molar-refractivity contribution in [1.82, 2.24) is 10.1 Å². The van der Waals surface area contributed by atoms with Crippen LogP contribution in [0.15, 0.2) is 82.8 Å². The van der Waals surface area contributed by atoms with Gasteiger partial charge in [-0.3, -0.25) is 4.79 Å². The molecule has 0 atom stereocenters. The lowest BCUT2D eigenvalue weighted by molar-refractivity contribution is -0.119. The number of nitrogens with one attached hydrogen (secondary N) is 2. The van der Waals surface area contributed by atoms with E-state index in [0.717, 1.165) is 16.3 Å². The molecule has 0 unspecified atom stereocenters. The summed E-state index contributed by atoms with van der Waals surface area (Å²) in [4.78, 5) is 12.0. The van der Waals surface area contributed by atoms with Gasteiger partial charge in [0.15, 0.2) is 0 Å². The van der Waals surface area contributed by atoms with Crippen LogP contribution in [0.5, 0.6) is 0 Å². The minimum absolute atomic E-state index is 0.105. The first-order chi connectivity index (χ1) is 13.0. The van der Waals surface area contributed by atoms with Crippen LogP contribution in [-0.4, -0.2) is 26.6 Å². The highest BCUT2D eigenvalue weighted by atomic mass is 32.2. The molecule has 7 heteroatoms. The molecule has 3 aromatic carbocycles. The van der Waals surface area contributed by atoms with Gasteiger partial charge in [0.05, 0.1) is 17.2 Å². The molecule has 0 bridgehead atoms. The van der Waals surface area contributed by atoms with E-state index in [1.807, 2.05) is 42.5 Å². The van der Waals surface area contributed by atoms with Crippen LogP contribution in [0, 0.1) is 0 Å². The molecule has 3 aromatic rings. The highest BCUT2D eigenvalue weighted by Crippen LogP contribution is 2.16. The fraction of sp³-hybridized carbons (Fsp3) is 0.100. The number of hydrogen-bond donors (Lipinski definition) is 2. The molecule has 138 valence electrons. The maximum atomic E-state index is 12.1. The van der Waals surface area contributed by atoms with Crippen LogP contribution in [-0.2, 0) is 14.8 Å². The van der Waals surface area contributed by atoms with Crippen molar-refractivity contribution in [2.75, 3.05) is 6.54 Å². The van der Waals surface area contributed by atoms with E-state index in [0.29, 0.717) is 5.71 Å². The molecule has 2 N–H and O–H groups in total. The molecular weight excluding hydrogens is 362 g/mol. The second-order valence-electron chi connectivity index (χ2n) is 5.93. The van der Waals surface area contributed by atoms with Crippen molar-refractivity contribution in [2.24, 2.45) is 5.10 Å². The Morgan fingerprint density at radius 3 is 2.33 bits per heavy atom. The van der Waals surface area contributed by atoms with Crippen molar-refractivity contribution < 1.29 is 13.2 Å². The molecule has 0 radical (unpaired) electrons. The van der Waals surface area contributed by atoms with Gasteiger partial charge in [-0.1, -0.05) is 54.6 Å². The molecule has 0 spiro atoms. The Balaban J connectivity index is 1.62. The molecule has 0 saturated carbocycles.